The Kier molecular flexibility index (Phi) is 21.0. The number of aromatic nitrogens is 4. The SMILES string of the molecule is COCn1nc(C(=O)N2CCCC2C(=O)O)c(Cc2ccccc2Cl)c1N1CCC[C@@H](NC(=O)OC(C)(C)C)C1.COCn1nc(C(=O)N2CCCC2C(=O)OC)c(Cc2ccccc2Cl)c1N1CCC[C@@H](NC(=O)OC(C)(C)C)C1. The van der Waals surface area contributed by atoms with Crippen molar-refractivity contribution in [2.75, 3.05) is 70.4 Å². The zero-order valence-electron chi connectivity index (χ0n) is 47.9. The van der Waals surface area contributed by atoms with Crippen molar-refractivity contribution in [2.24, 2.45) is 0 Å². The lowest BCUT2D eigenvalue weighted by atomic mass is 10.0. The van der Waals surface area contributed by atoms with Crippen molar-refractivity contribution in [3.05, 3.63) is 92.2 Å². The molecule has 4 fully saturated rings. The molecule has 0 aliphatic carbocycles. The molecule has 2 aromatic carbocycles. The molecule has 442 valence electrons. The number of likely N-dealkylation sites (tertiary alicyclic amines) is 2. The van der Waals surface area contributed by atoms with Crippen molar-refractivity contribution in [2.45, 2.75) is 155 Å². The fourth-order valence-electron chi connectivity index (χ4n) is 10.9. The number of carbonyl (C=O) groups excluding carboxylic acids is 5. The van der Waals surface area contributed by atoms with Gasteiger partial charge in [-0.05, 0) is 116 Å². The Morgan fingerprint density at radius 2 is 0.988 bits per heavy atom. The van der Waals surface area contributed by atoms with Crippen molar-refractivity contribution in [1.29, 1.82) is 0 Å². The van der Waals surface area contributed by atoms with Crippen LogP contribution < -0.4 is 20.4 Å². The van der Waals surface area contributed by atoms with Gasteiger partial charge in [0.05, 0.1) is 7.11 Å². The summed E-state index contributed by atoms with van der Waals surface area (Å²) in [6.07, 6.45) is 5.11. The number of carboxylic acid groups (broad SMARTS) is 1. The van der Waals surface area contributed by atoms with Crippen LogP contribution in [0.15, 0.2) is 48.5 Å². The highest BCUT2D eigenvalue weighted by Crippen LogP contribution is 2.36. The highest BCUT2D eigenvalue weighted by molar-refractivity contribution is 6.31. The minimum absolute atomic E-state index is 0.0845. The molecule has 4 aromatic rings. The van der Waals surface area contributed by atoms with Crippen LogP contribution in [0.4, 0.5) is 21.2 Å². The number of rotatable bonds is 16. The van der Waals surface area contributed by atoms with E-state index < -0.39 is 53.3 Å². The van der Waals surface area contributed by atoms with Crippen LogP contribution in [0.1, 0.15) is 136 Å². The number of carboxylic acids is 1. The smallest absolute Gasteiger partial charge is 0.407 e. The van der Waals surface area contributed by atoms with E-state index in [-0.39, 0.29) is 42.8 Å². The van der Waals surface area contributed by atoms with Gasteiger partial charge in [0.1, 0.15) is 48.4 Å². The number of hydrogen-bond acceptors (Lipinski definition) is 15. The molecule has 0 radical (unpaired) electrons. The Labute approximate surface area is 483 Å². The number of alkyl carbamates (subject to hydrolysis) is 2. The normalized spacial score (nSPS) is 19.4. The second-order valence-corrected chi connectivity index (χ2v) is 23.5. The van der Waals surface area contributed by atoms with Crippen molar-refractivity contribution >= 4 is 70.8 Å². The largest absolute Gasteiger partial charge is 0.480 e. The summed E-state index contributed by atoms with van der Waals surface area (Å²) in [4.78, 5) is 84.5. The predicted molar refractivity (Wildman–Crippen MR) is 304 cm³/mol. The summed E-state index contributed by atoms with van der Waals surface area (Å²) in [6.45, 7) is 14.2. The molecule has 24 heteroatoms. The van der Waals surface area contributed by atoms with Crippen molar-refractivity contribution < 1.29 is 57.6 Å². The molecule has 4 saturated heterocycles. The van der Waals surface area contributed by atoms with Crippen LogP contribution in [0.2, 0.25) is 10.0 Å². The summed E-state index contributed by atoms with van der Waals surface area (Å²) in [5, 5.41) is 26.3. The van der Waals surface area contributed by atoms with Gasteiger partial charge in [0.15, 0.2) is 11.4 Å². The van der Waals surface area contributed by atoms with Crippen molar-refractivity contribution in [3.63, 3.8) is 0 Å². The number of methoxy groups -OCH3 is 3. The third kappa shape index (κ3) is 15.9. The second kappa shape index (κ2) is 27.4. The maximum Gasteiger partial charge on any atom is 0.407 e. The monoisotopic (exact) mass is 1160 g/mol. The summed E-state index contributed by atoms with van der Waals surface area (Å²) < 4.78 is 30.2. The third-order valence-corrected chi connectivity index (χ3v) is 15.0. The zero-order valence-corrected chi connectivity index (χ0v) is 49.4. The van der Waals surface area contributed by atoms with Crippen molar-refractivity contribution in [1.82, 2.24) is 40.0 Å². The Bertz CT molecular complexity index is 2880. The van der Waals surface area contributed by atoms with E-state index in [1.807, 2.05) is 84.0 Å². The topological polar surface area (TPSA) is 241 Å². The quantitative estimate of drug-likeness (QED) is 0.0713. The molecule has 3 N–H and O–H groups in total. The molecule has 2 unspecified atom stereocenters. The van der Waals surface area contributed by atoms with Crippen LogP contribution in [0.5, 0.6) is 0 Å². The first-order valence-corrected chi connectivity index (χ1v) is 28.3. The summed E-state index contributed by atoms with van der Waals surface area (Å²) in [7, 11) is 4.44. The second-order valence-electron chi connectivity index (χ2n) is 22.7. The fraction of sp³-hybridized carbons (Fsp3) is 0.579. The molecular formula is C57H78Cl2N10O12. The summed E-state index contributed by atoms with van der Waals surface area (Å²) in [5.74, 6) is -0.819. The molecule has 0 spiro atoms. The highest BCUT2D eigenvalue weighted by Gasteiger charge is 2.41. The number of benzene rings is 2. The van der Waals surface area contributed by atoms with E-state index in [1.165, 1.54) is 12.0 Å². The van der Waals surface area contributed by atoms with Gasteiger partial charge in [-0.25, -0.2) is 28.5 Å². The van der Waals surface area contributed by atoms with Gasteiger partial charge in [0, 0.05) is 99.6 Å². The summed E-state index contributed by atoms with van der Waals surface area (Å²) in [5.41, 5.74) is 2.19. The van der Waals surface area contributed by atoms with Crippen LogP contribution in [0.25, 0.3) is 0 Å². The lowest BCUT2D eigenvalue weighted by molar-refractivity contribution is -0.145. The molecule has 4 atom stereocenters. The van der Waals surface area contributed by atoms with Gasteiger partial charge in [-0.2, -0.15) is 10.2 Å². The molecule has 0 saturated carbocycles. The number of nitrogens with zero attached hydrogens (tertiary/aromatic N) is 8. The maximum absolute atomic E-state index is 14.0. The molecule has 22 nitrogen and oxygen atoms in total. The third-order valence-electron chi connectivity index (χ3n) is 14.3. The van der Waals surface area contributed by atoms with Gasteiger partial charge in [-0.1, -0.05) is 59.6 Å². The molecule has 0 bridgehead atoms. The lowest BCUT2D eigenvalue weighted by Gasteiger charge is -2.35. The molecule has 4 amide bonds. The Morgan fingerprint density at radius 1 is 0.593 bits per heavy atom. The van der Waals surface area contributed by atoms with E-state index in [0.717, 1.165) is 42.6 Å². The average molecular weight is 1170 g/mol. The average Bonchev–Trinajstić information content (AvgIpc) is 4.43. The number of hydrogen-bond donors (Lipinski definition) is 3. The highest BCUT2D eigenvalue weighted by atomic mass is 35.5. The molecule has 4 aliphatic rings. The fourth-order valence-corrected chi connectivity index (χ4v) is 11.3. The molecule has 2 aromatic heterocycles. The minimum Gasteiger partial charge on any atom is -0.480 e. The lowest BCUT2D eigenvalue weighted by Crippen LogP contribution is -2.49. The number of anilines is 2. The number of piperidine rings is 2. The van der Waals surface area contributed by atoms with Gasteiger partial charge in [-0.3, -0.25) is 9.59 Å². The first-order chi connectivity index (χ1) is 38.5. The van der Waals surface area contributed by atoms with E-state index in [0.29, 0.717) is 105 Å². The van der Waals surface area contributed by atoms with E-state index in [1.54, 1.807) is 34.5 Å². The van der Waals surface area contributed by atoms with E-state index in [2.05, 4.69) is 25.5 Å². The minimum atomic E-state index is -1.03. The van der Waals surface area contributed by atoms with Gasteiger partial charge in [0.2, 0.25) is 0 Å². The zero-order chi connectivity index (χ0) is 58.8. The first kappa shape index (κ1) is 62.0. The number of esters is 1. The summed E-state index contributed by atoms with van der Waals surface area (Å²) in [6, 6.07) is 13.0. The van der Waals surface area contributed by atoms with Crippen molar-refractivity contribution in [3.8, 4) is 0 Å². The number of ether oxygens (including phenoxy) is 5. The number of halogens is 2. The first-order valence-electron chi connectivity index (χ1n) is 27.6. The van der Waals surface area contributed by atoms with E-state index in [4.69, 9.17) is 52.0 Å². The molecule has 8 rings (SSSR count). The van der Waals surface area contributed by atoms with Gasteiger partial charge < -0.3 is 59.0 Å². The molecule has 81 heavy (non-hydrogen) atoms. The predicted octanol–water partition coefficient (Wildman–Crippen LogP) is 7.92. The van der Waals surface area contributed by atoms with Gasteiger partial charge >= 0.3 is 24.1 Å². The Morgan fingerprint density at radius 3 is 1.37 bits per heavy atom. The molecule has 4 aliphatic heterocycles. The maximum atomic E-state index is 14.0. The van der Waals surface area contributed by atoms with E-state index in [9.17, 15) is 33.9 Å². The molecule has 6 heterocycles. The number of nitrogens with one attached hydrogen (secondary N) is 2. The van der Waals surface area contributed by atoms with Gasteiger partial charge in [0.25, 0.3) is 11.8 Å². The number of aliphatic carboxylic acids is 1. The van der Waals surface area contributed by atoms with Crippen LogP contribution in [0.3, 0.4) is 0 Å². The summed E-state index contributed by atoms with van der Waals surface area (Å²) >= 11 is 13.1. The Hall–Kier alpha value is -6.62. The Balaban J connectivity index is 0.000000234. The number of amides is 4. The van der Waals surface area contributed by atoms with Crippen LogP contribution in [-0.2, 0) is 59.6 Å². The van der Waals surface area contributed by atoms with Crippen LogP contribution in [0, 0.1) is 0 Å². The van der Waals surface area contributed by atoms with E-state index >= 15 is 0 Å². The van der Waals surface area contributed by atoms with Crippen LogP contribution >= 0.6 is 23.2 Å². The standard InChI is InChI=1S/C29H40ClN5O6.C28H38ClN5O6/c1-29(2,3)41-28(38)31-20-11-8-14-33(17-20)25-21(16-19-10-6-7-12-22(19)30)24(32-35(25)18-39-4)26(36)34-15-9-13-23(34)27(37)40-5;1-28(2,3)40-27(38)30-19-10-7-13-32(16-19)24-20(15-18-9-5-6-11-21(18)29)23(31-34(24)17-39-4)25(35)33-14-8-12-22(33)26(36)37/h6-7,10,12,20,23H,8-9,11,13-18H2,1-5H3,(H,31,38);5-6,9,11,19,22H,7-8,10,12-17H2,1-4H3,(H,30,38)(H,36,37)/t20-,23?;19-,22?/m11/s1. The molecular weight excluding hydrogens is 1090 g/mol. The van der Waals surface area contributed by atoms with Gasteiger partial charge in [-0.15, -0.1) is 0 Å². The number of carbonyl (C=O) groups is 6. The van der Waals surface area contributed by atoms with Crippen LogP contribution in [-0.4, -0.2) is 166 Å².